The number of nitrogens with one attached hydrogen (secondary N) is 1. The first-order valence-electron chi connectivity index (χ1n) is 5.14. The van der Waals surface area contributed by atoms with Crippen LogP contribution in [0.2, 0.25) is 0 Å². The Kier molecular flexibility index (Phi) is 3.49. The van der Waals surface area contributed by atoms with Crippen molar-refractivity contribution in [2.75, 3.05) is 13.1 Å². The van der Waals surface area contributed by atoms with E-state index in [1.807, 2.05) is 12.1 Å². The van der Waals surface area contributed by atoms with Crippen LogP contribution < -0.4 is 5.32 Å². The third-order valence-corrected chi connectivity index (χ3v) is 3.19. The van der Waals surface area contributed by atoms with Crippen LogP contribution in [0.5, 0.6) is 0 Å². The smallest absolute Gasteiger partial charge is 0.167 e. The normalized spacial score (nSPS) is 17.7. The summed E-state index contributed by atoms with van der Waals surface area (Å²) in [5.74, 6) is 0.408. The molecule has 80 valence electrons. The van der Waals surface area contributed by atoms with Crippen molar-refractivity contribution < 1.29 is 4.79 Å². The van der Waals surface area contributed by atoms with Crippen LogP contribution in [0, 0.1) is 5.92 Å². The Morgan fingerprint density at radius 1 is 1.40 bits per heavy atom. The highest BCUT2D eigenvalue weighted by atomic mass is 79.9. The molecule has 1 saturated heterocycles. The highest BCUT2D eigenvalue weighted by Gasteiger charge is 2.22. The maximum atomic E-state index is 12.0. The Labute approximate surface area is 97.4 Å². The van der Waals surface area contributed by atoms with Crippen molar-refractivity contribution in [2.45, 2.75) is 12.8 Å². The van der Waals surface area contributed by atoms with E-state index in [2.05, 4.69) is 26.2 Å². The average molecular weight is 269 g/mol. The number of rotatable bonds is 2. The van der Waals surface area contributed by atoms with Crippen molar-refractivity contribution in [2.24, 2.45) is 5.92 Å². The van der Waals surface area contributed by atoms with Gasteiger partial charge in [0.15, 0.2) is 5.78 Å². The second kappa shape index (κ2) is 4.86. The molecule has 2 heterocycles. The van der Waals surface area contributed by atoms with Crippen molar-refractivity contribution in [1.82, 2.24) is 10.3 Å². The quantitative estimate of drug-likeness (QED) is 0.659. The number of Topliss-reactive ketones (excluding diaryl/α,β-unsaturated/α-hetero) is 1. The number of pyridine rings is 1. The van der Waals surface area contributed by atoms with Gasteiger partial charge in [-0.25, -0.2) is 4.98 Å². The Morgan fingerprint density at radius 3 is 2.73 bits per heavy atom. The summed E-state index contributed by atoms with van der Waals surface area (Å²) in [6.07, 6.45) is 3.53. The van der Waals surface area contributed by atoms with Crippen molar-refractivity contribution >= 4 is 21.7 Å². The Bertz CT molecular complexity index is 344. The van der Waals surface area contributed by atoms with Gasteiger partial charge in [-0.1, -0.05) is 0 Å². The Balaban J connectivity index is 2.09. The molecule has 0 aliphatic carbocycles. The molecule has 1 N–H and O–H groups in total. The van der Waals surface area contributed by atoms with E-state index in [-0.39, 0.29) is 11.7 Å². The van der Waals surface area contributed by atoms with E-state index >= 15 is 0 Å². The lowest BCUT2D eigenvalue weighted by Crippen LogP contribution is -2.31. The topological polar surface area (TPSA) is 42.0 Å². The zero-order valence-electron chi connectivity index (χ0n) is 8.37. The summed E-state index contributed by atoms with van der Waals surface area (Å²) in [6.45, 7) is 1.89. The van der Waals surface area contributed by atoms with Crippen LogP contribution in [-0.4, -0.2) is 23.9 Å². The van der Waals surface area contributed by atoms with Crippen LogP contribution in [0.25, 0.3) is 0 Å². The number of piperidine rings is 1. The molecule has 0 unspecified atom stereocenters. The zero-order valence-corrected chi connectivity index (χ0v) is 9.96. The summed E-state index contributed by atoms with van der Waals surface area (Å²) in [5, 5.41) is 3.25. The molecule has 0 saturated carbocycles. The molecule has 2 rings (SSSR count). The lowest BCUT2D eigenvalue weighted by Gasteiger charge is -2.21. The number of hydrogen-bond donors (Lipinski definition) is 1. The van der Waals surface area contributed by atoms with Gasteiger partial charge in [0.1, 0.15) is 4.60 Å². The van der Waals surface area contributed by atoms with E-state index in [1.165, 1.54) is 0 Å². The molecule has 0 radical (unpaired) electrons. The molecule has 1 aromatic heterocycles. The molecule has 3 nitrogen and oxygen atoms in total. The lowest BCUT2D eigenvalue weighted by atomic mass is 9.90. The summed E-state index contributed by atoms with van der Waals surface area (Å²) in [5.41, 5.74) is 0.727. The van der Waals surface area contributed by atoms with Crippen LogP contribution in [0.15, 0.2) is 22.9 Å². The number of carbonyl (C=O) groups excluding carboxylic acids is 1. The van der Waals surface area contributed by atoms with E-state index in [9.17, 15) is 4.79 Å². The van der Waals surface area contributed by atoms with E-state index < -0.39 is 0 Å². The van der Waals surface area contributed by atoms with Crippen LogP contribution in [0.3, 0.4) is 0 Å². The number of halogens is 1. The van der Waals surface area contributed by atoms with Crippen LogP contribution in [-0.2, 0) is 0 Å². The highest BCUT2D eigenvalue weighted by molar-refractivity contribution is 9.10. The molecule has 0 spiro atoms. The predicted molar refractivity (Wildman–Crippen MR) is 61.9 cm³/mol. The molecular weight excluding hydrogens is 256 g/mol. The van der Waals surface area contributed by atoms with Gasteiger partial charge in [-0.05, 0) is 54.0 Å². The summed E-state index contributed by atoms with van der Waals surface area (Å²) < 4.78 is 0.768. The van der Waals surface area contributed by atoms with Gasteiger partial charge in [-0.15, -0.1) is 0 Å². The maximum Gasteiger partial charge on any atom is 0.167 e. The lowest BCUT2D eigenvalue weighted by molar-refractivity contribution is 0.0894. The van der Waals surface area contributed by atoms with Gasteiger partial charge in [-0.2, -0.15) is 0 Å². The molecule has 4 heteroatoms. The zero-order chi connectivity index (χ0) is 10.7. The Morgan fingerprint density at radius 2 is 2.13 bits per heavy atom. The minimum Gasteiger partial charge on any atom is -0.317 e. The SMILES string of the molecule is O=C(c1ccc(Br)nc1)C1CCNCC1. The van der Waals surface area contributed by atoms with Gasteiger partial charge < -0.3 is 5.32 Å². The van der Waals surface area contributed by atoms with Gasteiger partial charge in [0.2, 0.25) is 0 Å². The van der Waals surface area contributed by atoms with Gasteiger partial charge in [0, 0.05) is 17.7 Å². The first-order chi connectivity index (χ1) is 7.27. The second-order valence-electron chi connectivity index (χ2n) is 3.76. The fraction of sp³-hybridized carbons (Fsp3) is 0.455. The molecule has 15 heavy (non-hydrogen) atoms. The van der Waals surface area contributed by atoms with Gasteiger partial charge in [-0.3, -0.25) is 4.79 Å². The number of carbonyl (C=O) groups is 1. The summed E-state index contributed by atoms with van der Waals surface area (Å²) in [6, 6.07) is 3.65. The molecule has 1 aliphatic heterocycles. The average Bonchev–Trinajstić information content (AvgIpc) is 2.30. The van der Waals surface area contributed by atoms with Crippen molar-refractivity contribution in [3.8, 4) is 0 Å². The van der Waals surface area contributed by atoms with Crippen molar-refractivity contribution in [3.05, 3.63) is 28.5 Å². The van der Waals surface area contributed by atoms with E-state index in [4.69, 9.17) is 0 Å². The molecule has 1 fully saturated rings. The summed E-state index contributed by atoms with van der Waals surface area (Å²) in [7, 11) is 0. The monoisotopic (exact) mass is 268 g/mol. The fourth-order valence-corrected chi connectivity index (χ4v) is 2.08. The molecule has 0 aromatic carbocycles. The number of ketones is 1. The summed E-state index contributed by atoms with van der Waals surface area (Å²) in [4.78, 5) is 16.1. The third-order valence-electron chi connectivity index (χ3n) is 2.72. The molecular formula is C11H13BrN2O. The molecule has 0 amide bonds. The second-order valence-corrected chi connectivity index (χ2v) is 4.57. The van der Waals surface area contributed by atoms with Gasteiger partial charge in [0.05, 0.1) is 0 Å². The largest absolute Gasteiger partial charge is 0.317 e. The minimum atomic E-state index is 0.175. The van der Waals surface area contributed by atoms with E-state index in [1.54, 1.807) is 6.20 Å². The number of nitrogens with zero attached hydrogens (tertiary/aromatic N) is 1. The van der Waals surface area contributed by atoms with Gasteiger partial charge >= 0.3 is 0 Å². The van der Waals surface area contributed by atoms with Crippen LogP contribution in [0.1, 0.15) is 23.2 Å². The predicted octanol–water partition coefficient (Wildman–Crippen LogP) is 2.03. The minimum absolute atomic E-state index is 0.175. The van der Waals surface area contributed by atoms with Crippen LogP contribution >= 0.6 is 15.9 Å². The molecule has 1 aliphatic rings. The molecule has 0 bridgehead atoms. The van der Waals surface area contributed by atoms with Crippen molar-refractivity contribution in [3.63, 3.8) is 0 Å². The standard InChI is InChI=1S/C11H13BrN2O/c12-10-2-1-9(7-14-10)11(15)8-3-5-13-6-4-8/h1-2,7-8,13H,3-6H2. The third kappa shape index (κ3) is 2.63. The number of hydrogen-bond acceptors (Lipinski definition) is 3. The van der Waals surface area contributed by atoms with Gasteiger partial charge in [0.25, 0.3) is 0 Å². The van der Waals surface area contributed by atoms with Crippen LogP contribution in [0.4, 0.5) is 0 Å². The van der Waals surface area contributed by atoms with Crippen molar-refractivity contribution in [1.29, 1.82) is 0 Å². The first kappa shape index (κ1) is 10.8. The number of aromatic nitrogens is 1. The van der Waals surface area contributed by atoms with E-state index in [0.717, 1.165) is 36.1 Å². The molecule has 0 atom stereocenters. The summed E-state index contributed by atoms with van der Waals surface area (Å²) >= 11 is 3.26. The maximum absolute atomic E-state index is 12.0. The van der Waals surface area contributed by atoms with E-state index in [0.29, 0.717) is 0 Å². The fourth-order valence-electron chi connectivity index (χ4n) is 1.84. The molecule has 1 aromatic rings. The Hall–Kier alpha value is -0.740. The first-order valence-corrected chi connectivity index (χ1v) is 5.93. The highest BCUT2D eigenvalue weighted by Crippen LogP contribution is 2.18.